The van der Waals surface area contributed by atoms with Gasteiger partial charge >= 0.3 is 0 Å². The summed E-state index contributed by atoms with van der Waals surface area (Å²) in [5.41, 5.74) is 1.38. The minimum Gasteiger partial charge on any atom is -0.497 e. The molecule has 0 radical (unpaired) electrons. The van der Waals surface area contributed by atoms with Crippen LogP contribution in [-0.4, -0.2) is 38.4 Å². The first-order valence-electron chi connectivity index (χ1n) is 8.74. The lowest BCUT2D eigenvalue weighted by Crippen LogP contribution is -2.39. The molecule has 0 heterocycles. The number of ether oxygens (including phenoxy) is 2. The minimum atomic E-state index is -0.826. The van der Waals surface area contributed by atoms with E-state index in [1.54, 1.807) is 38.5 Å². The summed E-state index contributed by atoms with van der Waals surface area (Å²) < 4.78 is 23.8. The van der Waals surface area contributed by atoms with Crippen LogP contribution in [0.2, 0.25) is 0 Å². The van der Waals surface area contributed by atoms with Crippen molar-refractivity contribution in [2.45, 2.75) is 19.6 Å². The number of methoxy groups -OCH3 is 2. The highest BCUT2D eigenvalue weighted by Gasteiger charge is 2.15. The summed E-state index contributed by atoms with van der Waals surface area (Å²) >= 11 is 0. The van der Waals surface area contributed by atoms with Crippen LogP contribution in [0.5, 0.6) is 11.5 Å². The van der Waals surface area contributed by atoms with Gasteiger partial charge in [0.1, 0.15) is 17.3 Å². The molecular weight excluding hydrogens is 349 g/mol. The molecule has 0 aliphatic rings. The van der Waals surface area contributed by atoms with Crippen molar-refractivity contribution in [3.8, 4) is 11.5 Å². The van der Waals surface area contributed by atoms with Gasteiger partial charge in [0.25, 0.3) is 0 Å². The molecule has 146 valence electrons. The SMILES string of the molecule is CCNC(=NCc1cccc(F)c1)NCC(O)c1cc(OC)ccc1OC. The number of aliphatic imine (C=N–C) groups is 1. The molecule has 2 aromatic rings. The molecule has 0 saturated carbocycles. The molecule has 0 fully saturated rings. The van der Waals surface area contributed by atoms with Crippen molar-refractivity contribution >= 4 is 5.96 Å². The molecule has 27 heavy (non-hydrogen) atoms. The van der Waals surface area contributed by atoms with Crippen molar-refractivity contribution in [2.24, 2.45) is 4.99 Å². The molecular formula is C20H26FN3O3. The van der Waals surface area contributed by atoms with E-state index in [-0.39, 0.29) is 12.4 Å². The summed E-state index contributed by atoms with van der Waals surface area (Å²) in [7, 11) is 3.12. The zero-order valence-electron chi connectivity index (χ0n) is 15.8. The Morgan fingerprint density at radius 1 is 1.15 bits per heavy atom. The van der Waals surface area contributed by atoms with E-state index in [9.17, 15) is 9.50 Å². The predicted molar refractivity (Wildman–Crippen MR) is 104 cm³/mol. The van der Waals surface area contributed by atoms with Crippen LogP contribution in [-0.2, 0) is 6.54 Å². The van der Waals surface area contributed by atoms with Crippen LogP contribution in [0, 0.1) is 5.82 Å². The van der Waals surface area contributed by atoms with Crippen molar-refractivity contribution in [2.75, 3.05) is 27.3 Å². The average Bonchev–Trinajstić information content (AvgIpc) is 2.69. The Kier molecular flexibility index (Phi) is 7.88. The quantitative estimate of drug-likeness (QED) is 0.489. The number of hydrogen-bond acceptors (Lipinski definition) is 4. The van der Waals surface area contributed by atoms with Crippen molar-refractivity contribution in [3.05, 3.63) is 59.4 Å². The third-order valence-electron chi connectivity index (χ3n) is 3.91. The molecule has 6 nitrogen and oxygen atoms in total. The molecule has 1 atom stereocenters. The molecule has 0 aromatic heterocycles. The molecule has 0 aliphatic carbocycles. The number of aliphatic hydroxyl groups excluding tert-OH is 1. The fourth-order valence-electron chi connectivity index (χ4n) is 2.55. The van der Waals surface area contributed by atoms with Crippen molar-refractivity contribution in [1.82, 2.24) is 10.6 Å². The fraction of sp³-hybridized carbons (Fsp3) is 0.350. The molecule has 0 bridgehead atoms. The van der Waals surface area contributed by atoms with Crippen LogP contribution < -0.4 is 20.1 Å². The Bertz CT molecular complexity index is 768. The Hall–Kier alpha value is -2.80. The monoisotopic (exact) mass is 375 g/mol. The van der Waals surface area contributed by atoms with E-state index >= 15 is 0 Å². The number of benzene rings is 2. The van der Waals surface area contributed by atoms with E-state index in [1.165, 1.54) is 12.1 Å². The summed E-state index contributed by atoms with van der Waals surface area (Å²) in [4.78, 5) is 4.43. The lowest BCUT2D eigenvalue weighted by molar-refractivity contribution is 0.176. The maximum Gasteiger partial charge on any atom is 0.191 e. The van der Waals surface area contributed by atoms with E-state index in [0.717, 1.165) is 5.56 Å². The van der Waals surface area contributed by atoms with Gasteiger partial charge in [0, 0.05) is 18.7 Å². The molecule has 0 amide bonds. The zero-order chi connectivity index (χ0) is 19.6. The van der Waals surface area contributed by atoms with Crippen LogP contribution in [0.3, 0.4) is 0 Å². The van der Waals surface area contributed by atoms with Crippen LogP contribution in [0.4, 0.5) is 4.39 Å². The predicted octanol–water partition coefficient (Wildman–Crippen LogP) is 2.63. The normalized spacial score (nSPS) is 12.4. The van der Waals surface area contributed by atoms with Gasteiger partial charge in [-0.1, -0.05) is 12.1 Å². The molecule has 3 N–H and O–H groups in total. The van der Waals surface area contributed by atoms with Gasteiger partial charge in [-0.15, -0.1) is 0 Å². The first kappa shape index (κ1) is 20.5. The summed E-state index contributed by atoms with van der Waals surface area (Å²) in [6.07, 6.45) is -0.826. The van der Waals surface area contributed by atoms with Gasteiger partial charge in [-0.25, -0.2) is 9.38 Å². The summed E-state index contributed by atoms with van der Waals surface area (Å²) in [5.74, 6) is 1.45. The number of nitrogens with zero attached hydrogens (tertiary/aromatic N) is 1. The molecule has 7 heteroatoms. The zero-order valence-corrected chi connectivity index (χ0v) is 15.8. The highest BCUT2D eigenvalue weighted by Crippen LogP contribution is 2.29. The second-order valence-electron chi connectivity index (χ2n) is 5.83. The number of hydrogen-bond donors (Lipinski definition) is 3. The van der Waals surface area contributed by atoms with Crippen molar-refractivity contribution in [1.29, 1.82) is 0 Å². The number of rotatable bonds is 8. The standard InChI is InChI=1S/C20H26FN3O3/c1-4-22-20(23-12-14-6-5-7-15(21)10-14)24-13-18(25)17-11-16(26-2)8-9-19(17)27-3/h5-11,18,25H,4,12-13H2,1-3H3,(H2,22,23,24). The second kappa shape index (κ2) is 10.4. The molecule has 1 unspecified atom stereocenters. The largest absolute Gasteiger partial charge is 0.497 e. The van der Waals surface area contributed by atoms with E-state index < -0.39 is 6.10 Å². The summed E-state index contributed by atoms with van der Waals surface area (Å²) in [5, 5.41) is 16.8. The second-order valence-corrected chi connectivity index (χ2v) is 5.83. The van der Waals surface area contributed by atoms with Gasteiger partial charge in [0.15, 0.2) is 5.96 Å². The summed E-state index contributed by atoms with van der Waals surface area (Å²) in [6, 6.07) is 11.6. The summed E-state index contributed by atoms with van der Waals surface area (Å²) in [6.45, 7) is 3.15. The van der Waals surface area contributed by atoms with Gasteiger partial charge in [0.05, 0.1) is 26.9 Å². The molecule has 0 aliphatic heterocycles. The van der Waals surface area contributed by atoms with Crippen molar-refractivity contribution in [3.63, 3.8) is 0 Å². The first-order valence-corrected chi connectivity index (χ1v) is 8.74. The van der Waals surface area contributed by atoms with Gasteiger partial charge in [-0.2, -0.15) is 0 Å². The topological polar surface area (TPSA) is 75.1 Å². The maximum absolute atomic E-state index is 13.3. The average molecular weight is 375 g/mol. The van der Waals surface area contributed by atoms with Crippen molar-refractivity contribution < 1.29 is 19.0 Å². The van der Waals surface area contributed by atoms with Crippen LogP contribution in [0.15, 0.2) is 47.5 Å². The Morgan fingerprint density at radius 3 is 2.63 bits per heavy atom. The number of nitrogens with one attached hydrogen (secondary N) is 2. The molecule has 0 saturated heterocycles. The lowest BCUT2D eigenvalue weighted by Gasteiger charge is -2.18. The van der Waals surface area contributed by atoms with E-state index in [2.05, 4.69) is 15.6 Å². The van der Waals surface area contributed by atoms with Crippen LogP contribution >= 0.6 is 0 Å². The van der Waals surface area contributed by atoms with Gasteiger partial charge in [-0.3, -0.25) is 0 Å². The highest BCUT2D eigenvalue weighted by atomic mass is 19.1. The number of halogens is 1. The molecule has 0 spiro atoms. The number of guanidine groups is 1. The molecule has 2 rings (SSSR count). The molecule has 2 aromatic carbocycles. The highest BCUT2D eigenvalue weighted by molar-refractivity contribution is 5.79. The maximum atomic E-state index is 13.3. The van der Waals surface area contributed by atoms with Gasteiger partial charge in [0.2, 0.25) is 0 Å². The van der Waals surface area contributed by atoms with Crippen LogP contribution in [0.1, 0.15) is 24.2 Å². The first-order chi connectivity index (χ1) is 13.1. The number of aliphatic hydroxyl groups is 1. The van der Waals surface area contributed by atoms with E-state index in [1.807, 2.05) is 13.0 Å². The van der Waals surface area contributed by atoms with Gasteiger partial charge < -0.3 is 25.2 Å². The van der Waals surface area contributed by atoms with E-state index in [0.29, 0.717) is 36.1 Å². The third-order valence-corrected chi connectivity index (χ3v) is 3.91. The Balaban J connectivity index is 2.05. The Labute approximate surface area is 159 Å². The lowest BCUT2D eigenvalue weighted by atomic mass is 10.1. The van der Waals surface area contributed by atoms with Crippen LogP contribution in [0.25, 0.3) is 0 Å². The fourth-order valence-corrected chi connectivity index (χ4v) is 2.55. The Morgan fingerprint density at radius 2 is 1.96 bits per heavy atom. The van der Waals surface area contributed by atoms with E-state index in [4.69, 9.17) is 9.47 Å². The minimum absolute atomic E-state index is 0.221. The van der Waals surface area contributed by atoms with Gasteiger partial charge in [-0.05, 0) is 42.8 Å². The third kappa shape index (κ3) is 6.14. The smallest absolute Gasteiger partial charge is 0.191 e.